The molecule has 2 N–H and O–H groups in total. The molecular formula is C14H28N2O3. The van der Waals surface area contributed by atoms with Crippen molar-refractivity contribution in [1.82, 2.24) is 10.2 Å². The summed E-state index contributed by atoms with van der Waals surface area (Å²) in [5.41, 5.74) is 0. The van der Waals surface area contributed by atoms with Gasteiger partial charge in [0.2, 0.25) is 5.91 Å². The first kappa shape index (κ1) is 17.9. The van der Waals surface area contributed by atoms with Crippen LogP contribution in [0.4, 0.5) is 0 Å². The largest absolute Gasteiger partial charge is 0.481 e. The normalized spacial score (nSPS) is 14.2. The van der Waals surface area contributed by atoms with Gasteiger partial charge in [0.25, 0.3) is 0 Å². The van der Waals surface area contributed by atoms with Gasteiger partial charge in [-0.1, -0.05) is 27.2 Å². The summed E-state index contributed by atoms with van der Waals surface area (Å²) in [5, 5.41) is 11.9. The van der Waals surface area contributed by atoms with E-state index in [1.54, 1.807) is 6.92 Å². The molecule has 0 aliphatic carbocycles. The first-order valence-corrected chi connectivity index (χ1v) is 7.15. The number of nitrogens with zero attached hydrogens (tertiary/aromatic N) is 1. The van der Waals surface area contributed by atoms with Crippen molar-refractivity contribution in [3.8, 4) is 0 Å². The van der Waals surface area contributed by atoms with E-state index in [1.165, 1.54) is 0 Å². The summed E-state index contributed by atoms with van der Waals surface area (Å²) < 4.78 is 0. The van der Waals surface area contributed by atoms with Crippen LogP contribution in [-0.4, -0.2) is 47.6 Å². The molecule has 0 spiro atoms. The van der Waals surface area contributed by atoms with Gasteiger partial charge >= 0.3 is 5.97 Å². The Kier molecular flexibility index (Phi) is 9.21. The van der Waals surface area contributed by atoms with Crippen molar-refractivity contribution in [3.63, 3.8) is 0 Å². The highest BCUT2D eigenvalue weighted by molar-refractivity contribution is 5.78. The Hall–Kier alpha value is -1.10. The lowest BCUT2D eigenvalue weighted by Crippen LogP contribution is -2.43. The highest BCUT2D eigenvalue weighted by Gasteiger charge is 2.18. The first-order chi connectivity index (χ1) is 8.90. The molecule has 0 saturated carbocycles. The fourth-order valence-corrected chi connectivity index (χ4v) is 1.71. The summed E-state index contributed by atoms with van der Waals surface area (Å²) in [5.74, 6) is -1.29. The van der Waals surface area contributed by atoms with Gasteiger partial charge in [-0.2, -0.15) is 0 Å². The van der Waals surface area contributed by atoms with Crippen LogP contribution in [0.2, 0.25) is 0 Å². The number of nitrogens with one attached hydrogen (secondary N) is 1. The van der Waals surface area contributed by atoms with Gasteiger partial charge in [0.05, 0.1) is 12.5 Å². The van der Waals surface area contributed by atoms with E-state index >= 15 is 0 Å². The third-order valence-corrected chi connectivity index (χ3v) is 3.17. The summed E-state index contributed by atoms with van der Waals surface area (Å²) in [6.45, 7) is 9.21. The molecule has 19 heavy (non-hydrogen) atoms. The Morgan fingerprint density at radius 3 is 2.37 bits per heavy atom. The van der Waals surface area contributed by atoms with Crippen molar-refractivity contribution < 1.29 is 14.7 Å². The minimum absolute atomic E-state index is 0.0250. The summed E-state index contributed by atoms with van der Waals surface area (Å²) in [6, 6.07) is 0.164. The van der Waals surface area contributed by atoms with Crippen LogP contribution >= 0.6 is 0 Å². The molecule has 0 aromatic rings. The fourth-order valence-electron chi connectivity index (χ4n) is 1.71. The standard InChI is InChI=1S/C14H28N2O3/c1-5-7-8-16(9-11(3)14(18)19)10-13(17)15-12(4)6-2/h11-12H,5-10H2,1-4H3,(H,15,17)(H,18,19). The molecule has 0 aliphatic heterocycles. The summed E-state index contributed by atoms with van der Waals surface area (Å²) in [6.07, 6.45) is 2.90. The zero-order valence-electron chi connectivity index (χ0n) is 12.6. The van der Waals surface area contributed by atoms with E-state index in [-0.39, 0.29) is 18.5 Å². The van der Waals surface area contributed by atoms with Crippen LogP contribution in [0.15, 0.2) is 0 Å². The Morgan fingerprint density at radius 2 is 1.89 bits per heavy atom. The lowest BCUT2D eigenvalue weighted by molar-refractivity contribution is -0.142. The number of amides is 1. The van der Waals surface area contributed by atoms with Crippen LogP contribution in [-0.2, 0) is 9.59 Å². The quantitative estimate of drug-likeness (QED) is 0.635. The van der Waals surface area contributed by atoms with E-state index in [0.717, 1.165) is 25.8 Å². The maximum atomic E-state index is 11.8. The van der Waals surface area contributed by atoms with E-state index in [9.17, 15) is 9.59 Å². The van der Waals surface area contributed by atoms with Crippen LogP contribution in [0.5, 0.6) is 0 Å². The smallest absolute Gasteiger partial charge is 0.307 e. The SMILES string of the molecule is CCCCN(CC(=O)NC(C)CC)CC(C)C(=O)O. The van der Waals surface area contributed by atoms with E-state index in [2.05, 4.69) is 12.2 Å². The molecule has 112 valence electrons. The van der Waals surface area contributed by atoms with Gasteiger partial charge in [-0.15, -0.1) is 0 Å². The lowest BCUT2D eigenvalue weighted by atomic mass is 10.1. The second-order valence-corrected chi connectivity index (χ2v) is 5.20. The average Bonchev–Trinajstić information content (AvgIpc) is 2.35. The van der Waals surface area contributed by atoms with Crippen LogP contribution in [0.1, 0.15) is 47.0 Å². The van der Waals surface area contributed by atoms with Crippen molar-refractivity contribution >= 4 is 11.9 Å². The minimum atomic E-state index is -0.816. The van der Waals surface area contributed by atoms with Crippen LogP contribution in [0, 0.1) is 5.92 Å². The van der Waals surface area contributed by atoms with Gasteiger partial charge < -0.3 is 10.4 Å². The van der Waals surface area contributed by atoms with Crippen molar-refractivity contribution in [2.75, 3.05) is 19.6 Å². The molecular weight excluding hydrogens is 244 g/mol. The van der Waals surface area contributed by atoms with Gasteiger partial charge in [-0.05, 0) is 26.3 Å². The number of carbonyl (C=O) groups is 2. The molecule has 0 bridgehead atoms. The summed E-state index contributed by atoms with van der Waals surface area (Å²) in [4.78, 5) is 24.7. The van der Waals surface area contributed by atoms with Crippen LogP contribution in [0.25, 0.3) is 0 Å². The average molecular weight is 272 g/mol. The number of rotatable bonds is 10. The number of aliphatic carboxylic acids is 1. The van der Waals surface area contributed by atoms with E-state index in [1.807, 2.05) is 18.7 Å². The predicted octanol–water partition coefficient (Wildman–Crippen LogP) is 1.72. The minimum Gasteiger partial charge on any atom is -0.481 e. The number of hydrogen-bond acceptors (Lipinski definition) is 3. The monoisotopic (exact) mass is 272 g/mol. The molecule has 0 aliphatic rings. The molecule has 5 nitrogen and oxygen atoms in total. The number of hydrogen-bond donors (Lipinski definition) is 2. The van der Waals surface area contributed by atoms with Crippen molar-refractivity contribution in [1.29, 1.82) is 0 Å². The van der Waals surface area contributed by atoms with Crippen molar-refractivity contribution in [3.05, 3.63) is 0 Å². The van der Waals surface area contributed by atoms with Gasteiger partial charge in [0.1, 0.15) is 0 Å². The van der Waals surface area contributed by atoms with Crippen molar-refractivity contribution in [2.24, 2.45) is 5.92 Å². The van der Waals surface area contributed by atoms with Gasteiger partial charge in [-0.3, -0.25) is 14.5 Å². The van der Waals surface area contributed by atoms with Gasteiger partial charge in [-0.25, -0.2) is 0 Å². The van der Waals surface area contributed by atoms with E-state index < -0.39 is 11.9 Å². The number of carbonyl (C=O) groups excluding carboxylic acids is 1. The molecule has 0 aromatic carbocycles. The maximum Gasteiger partial charge on any atom is 0.307 e. The number of carboxylic acid groups (broad SMARTS) is 1. The Labute approximate surface area is 116 Å². The summed E-state index contributed by atoms with van der Waals surface area (Å²) >= 11 is 0. The number of carboxylic acids is 1. The summed E-state index contributed by atoms with van der Waals surface area (Å²) in [7, 11) is 0. The van der Waals surface area contributed by atoms with E-state index in [0.29, 0.717) is 6.54 Å². The fraction of sp³-hybridized carbons (Fsp3) is 0.857. The topological polar surface area (TPSA) is 69.6 Å². The zero-order valence-corrected chi connectivity index (χ0v) is 12.6. The maximum absolute atomic E-state index is 11.8. The molecule has 0 rings (SSSR count). The molecule has 0 aromatic heterocycles. The first-order valence-electron chi connectivity index (χ1n) is 7.15. The van der Waals surface area contributed by atoms with Crippen LogP contribution < -0.4 is 5.32 Å². The molecule has 1 amide bonds. The van der Waals surface area contributed by atoms with E-state index in [4.69, 9.17) is 5.11 Å². The second-order valence-electron chi connectivity index (χ2n) is 5.20. The second kappa shape index (κ2) is 9.78. The third kappa shape index (κ3) is 8.59. The Morgan fingerprint density at radius 1 is 1.26 bits per heavy atom. The molecule has 2 unspecified atom stereocenters. The molecule has 0 saturated heterocycles. The molecule has 5 heteroatoms. The molecule has 2 atom stereocenters. The Bertz CT molecular complexity index is 282. The Balaban J connectivity index is 4.32. The van der Waals surface area contributed by atoms with Gasteiger partial charge in [0, 0.05) is 12.6 Å². The van der Waals surface area contributed by atoms with Crippen LogP contribution in [0.3, 0.4) is 0 Å². The predicted molar refractivity (Wildman–Crippen MR) is 76.0 cm³/mol. The van der Waals surface area contributed by atoms with Gasteiger partial charge in [0.15, 0.2) is 0 Å². The molecule has 0 heterocycles. The molecule has 0 radical (unpaired) electrons. The zero-order chi connectivity index (χ0) is 14.8. The highest BCUT2D eigenvalue weighted by Crippen LogP contribution is 2.03. The number of unbranched alkanes of at least 4 members (excludes halogenated alkanes) is 1. The third-order valence-electron chi connectivity index (χ3n) is 3.17. The van der Waals surface area contributed by atoms with Crippen molar-refractivity contribution in [2.45, 2.75) is 53.0 Å². The lowest BCUT2D eigenvalue weighted by Gasteiger charge is -2.24. The highest BCUT2D eigenvalue weighted by atomic mass is 16.4. The molecule has 0 fully saturated rings.